The molecule has 18 heavy (non-hydrogen) atoms. The highest BCUT2D eigenvalue weighted by Crippen LogP contribution is 2.26. The summed E-state index contributed by atoms with van der Waals surface area (Å²) in [5.74, 6) is 0.325. The molecule has 2 aromatic rings. The largest absolute Gasteiger partial charge is 0.497 e. The normalized spacial score (nSPS) is 10.2. The van der Waals surface area contributed by atoms with Crippen LogP contribution in [0.15, 0.2) is 40.9 Å². The van der Waals surface area contributed by atoms with Crippen molar-refractivity contribution in [3.05, 3.63) is 46.7 Å². The molecule has 0 radical (unpaired) electrons. The van der Waals surface area contributed by atoms with E-state index in [1.807, 2.05) is 0 Å². The van der Waals surface area contributed by atoms with Gasteiger partial charge in [-0.15, -0.1) is 0 Å². The molecule has 3 N–H and O–H groups in total. The number of anilines is 3. The Labute approximate surface area is 113 Å². The summed E-state index contributed by atoms with van der Waals surface area (Å²) in [4.78, 5) is 0. The van der Waals surface area contributed by atoms with Gasteiger partial charge >= 0.3 is 0 Å². The van der Waals surface area contributed by atoms with Gasteiger partial charge in [0.1, 0.15) is 11.6 Å². The number of nitrogen functional groups attached to an aromatic ring is 1. The first-order valence-corrected chi connectivity index (χ1v) is 6.04. The smallest absolute Gasteiger partial charge is 0.139 e. The number of methoxy groups -OCH3 is 1. The van der Waals surface area contributed by atoms with Crippen LogP contribution in [0, 0.1) is 5.82 Å². The van der Waals surface area contributed by atoms with Gasteiger partial charge in [-0.2, -0.15) is 0 Å². The Morgan fingerprint density at radius 2 is 1.94 bits per heavy atom. The number of benzene rings is 2. The lowest BCUT2D eigenvalue weighted by Crippen LogP contribution is -1.95. The number of rotatable bonds is 3. The van der Waals surface area contributed by atoms with Crippen molar-refractivity contribution in [1.82, 2.24) is 0 Å². The Kier molecular flexibility index (Phi) is 3.72. The molecule has 0 aliphatic carbocycles. The van der Waals surface area contributed by atoms with Gasteiger partial charge in [0, 0.05) is 29.2 Å². The van der Waals surface area contributed by atoms with E-state index in [1.54, 1.807) is 37.4 Å². The molecular weight excluding hydrogens is 299 g/mol. The van der Waals surface area contributed by atoms with Crippen molar-refractivity contribution in [3.8, 4) is 5.75 Å². The minimum Gasteiger partial charge on any atom is -0.497 e. The Balaban J connectivity index is 2.27. The van der Waals surface area contributed by atoms with Crippen LogP contribution >= 0.6 is 15.9 Å². The first-order valence-electron chi connectivity index (χ1n) is 5.25. The molecule has 3 nitrogen and oxygen atoms in total. The van der Waals surface area contributed by atoms with E-state index in [-0.39, 0.29) is 5.82 Å². The zero-order valence-corrected chi connectivity index (χ0v) is 11.3. The van der Waals surface area contributed by atoms with Gasteiger partial charge in [-0.05, 0) is 40.2 Å². The van der Waals surface area contributed by atoms with Crippen LogP contribution in [0.5, 0.6) is 5.75 Å². The number of nitrogens with one attached hydrogen (secondary N) is 1. The molecule has 0 aromatic heterocycles. The summed E-state index contributed by atoms with van der Waals surface area (Å²) in [7, 11) is 1.57. The van der Waals surface area contributed by atoms with Crippen molar-refractivity contribution in [3.63, 3.8) is 0 Å². The fraction of sp³-hybridized carbons (Fsp3) is 0.0769. The second kappa shape index (κ2) is 5.27. The average Bonchev–Trinajstić information content (AvgIpc) is 2.33. The number of ether oxygens (including phenoxy) is 1. The highest BCUT2D eigenvalue weighted by molar-refractivity contribution is 9.10. The third-order valence-electron chi connectivity index (χ3n) is 2.37. The summed E-state index contributed by atoms with van der Waals surface area (Å²) in [6.07, 6.45) is 0. The Hall–Kier alpha value is -1.75. The molecule has 0 atom stereocenters. The van der Waals surface area contributed by atoms with Crippen LogP contribution in [-0.2, 0) is 0 Å². The summed E-state index contributed by atoms with van der Waals surface area (Å²) in [5.41, 5.74) is 7.71. The van der Waals surface area contributed by atoms with Crippen molar-refractivity contribution in [2.24, 2.45) is 0 Å². The summed E-state index contributed by atoms with van der Waals surface area (Å²) in [5, 5.41) is 3.07. The van der Waals surface area contributed by atoms with Crippen LogP contribution in [-0.4, -0.2) is 7.11 Å². The lowest BCUT2D eigenvalue weighted by molar-refractivity contribution is 0.415. The van der Waals surface area contributed by atoms with E-state index in [0.29, 0.717) is 21.6 Å². The van der Waals surface area contributed by atoms with Crippen LogP contribution in [0.25, 0.3) is 0 Å². The van der Waals surface area contributed by atoms with E-state index in [2.05, 4.69) is 21.2 Å². The molecule has 2 aromatic carbocycles. The quantitative estimate of drug-likeness (QED) is 0.845. The topological polar surface area (TPSA) is 47.3 Å². The first-order chi connectivity index (χ1) is 8.58. The summed E-state index contributed by atoms with van der Waals surface area (Å²) in [6, 6.07) is 10.1. The van der Waals surface area contributed by atoms with E-state index in [1.165, 1.54) is 6.07 Å². The van der Waals surface area contributed by atoms with Crippen molar-refractivity contribution >= 4 is 33.0 Å². The van der Waals surface area contributed by atoms with E-state index in [9.17, 15) is 4.39 Å². The fourth-order valence-electron chi connectivity index (χ4n) is 1.55. The lowest BCUT2D eigenvalue weighted by Gasteiger charge is -2.10. The van der Waals surface area contributed by atoms with Crippen molar-refractivity contribution in [2.45, 2.75) is 0 Å². The molecule has 0 aliphatic heterocycles. The maximum atomic E-state index is 13.4. The molecule has 0 saturated carbocycles. The zero-order chi connectivity index (χ0) is 13.1. The van der Waals surface area contributed by atoms with Crippen molar-refractivity contribution in [2.75, 3.05) is 18.2 Å². The van der Waals surface area contributed by atoms with Crippen LogP contribution < -0.4 is 15.8 Å². The predicted molar refractivity (Wildman–Crippen MR) is 74.8 cm³/mol. The van der Waals surface area contributed by atoms with Gasteiger partial charge in [0.05, 0.1) is 11.6 Å². The molecule has 0 bridgehead atoms. The highest BCUT2D eigenvalue weighted by Gasteiger charge is 2.03. The predicted octanol–water partition coefficient (Wildman–Crippen LogP) is 3.92. The Morgan fingerprint density at radius 1 is 1.17 bits per heavy atom. The van der Waals surface area contributed by atoms with Crippen LogP contribution in [0.4, 0.5) is 21.5 Å². The molecule has 0 unspecified atom stereocenters. The minimum absolute atomic E-state index is 0.323. The van der Waals surface area contributed by atoms with E-state index < -0.39 is 0 Å². The van der Waals surface area contributed by atoms with Gasteiger partial charge in [0.25, 0.3) is 0 Å². The molecule has 0 spiro atoms. The molecule has 5 heteroatoms. The summed E-state index contributed by atoms with van der Waals surface area (Å²) >= 11 is 3.11. The maximum Gasteiger partial charge on any atom is 0.139 e. The van der Waals surface area contributed by atoms with Gasteiger partial charge < -0.3 is 15.8 Å². The van der Waals surface area contributed by atoms with Crippen LogP contribution in [0.2, 0.25) is 0 Å². The fourth-order valence-corrected chi connectivity index (χ4v) is 1.80. The standard InChI is InChI=1S/C13H12BrFN2O/c1-18-11-5-8(16)4-10(6-11)17-9-2-3-12(14)13(15)7-9/h2-7,17H,16H2,1H3. The molecule has 0 heterocycles. The number of nitrogens with two attached hydrogens (primary N) is 1. The lowest BCUT2D eigenvalue weighted by atomic mass is 10.2. The summed E-state index contributed by atoms with van der Waals surface area (Å²) in [6.45, 7) is 0. The molecule has 0 aliphatic rings. The van der Waals surface area contributed by atoms with Gasteiger partial charge in [0.15, 0.2) is 0 Å². The molecule has 0 amide bonds. The zero-order valence-electron chi connectivity index (χ0n) is 9.71. The van der Waals surface area contributed by atoms with Crippen molar-refractivity contribution in [1.29, 1.82) is 0 Å². The van der Waals surface area contributed by atoms with Crippen LogP contribution in [0.1, 0.15) is 0 Å². The minimum atomic E-state index is -0.323. The third-order valence-corrected chi connectivity index (χ3v) is 3.02. The summed E-state index contributed by atoms with van der Waals surface area (Å²) < 4.78 is 18.9. The number of hydrogen-bond donors (Lipinski definition) is 2. The SMILES string of the molecule is COc1cc(N)cc(Nc2ccc(Br)c(F)c2)c1. The monoisotopic (exact) mass is 310 g/mol. The second-order valence-electron chi connectivity index (χ2n) is 3.75. The van der Waals surface area contributed by atoms with E-state index >= 15 is 0 Å². The molecule has 0 saturated heterocycles. The van der Waals surface area contributed by atoms with Crippen LogP contribution in [0.3, 0.4) is 0 Å². The Morgan fingerprint density at radius 3 is 2.61 bits per heavy atom. The third kappa shape index (κ3) is 2.92. The molecule has 94 valence electrons. The second-order valence-corrected chi connectivity index (χ2v) is 4.60. The van der Waals surface area contributed by atoms with Gasteiger partial charge in [-0.3, -0.25) is 0 Å². The van der Waals surface area contributed by atoms with Gasteiger partial charge in [-0.1, -0.05) is 0 Å². The molecule has 2 rings (SSSR count). The maximum absolute atomic E-state index is 13.4. The number of halogens is 2. The highest BCUT2D eigenvalue weighted by atomic mass is 79.9. The Bertz CT molecular complexity index is 575. The van der Waals surface area contributed by atoms with E-state index in [0.717, 1.165) is 5.69 Å². The van der Waals surface area contributed by atoms with Crippen molar-refractivity contribution < 1.29 is 9.13 Å². The average molecular weight is 311 g/mol. The van der Waals surface area contributed by atoms with Gasteiger partial charge in [0.2, 0.25) is 0 Å². The van der Waals surface area contributed by atoms with Gasteiger partial charge in [-0.25, -0.2) is 4.39 Å². The van der Waals surface area contributed by atoms with E-state index in [4.69, 9.17) is 10.5 Å². The number of hydrogen-bond acceptors (Lipinski definition) is 3. The molecular formula is C13H12BrFN2O. The first kappa shape index (κ1) is 12.7. The molecule has 0 fully saturated rings.